The van der Waals surface area contributed by atoms with Gasteiger partial charge in [0.05, 0.1) is 6.26 Å². The van der Waals surface area contributed by atoms with Crippen LogP contribution in [0.1, 0.15) is 29.9 Å². The Balaban J connectivity index is 1.49. The summed E-state index contributed by atoms with van der Waals surface area (Å²) in [5.74, 6) is -0.117. The molecule has 1 fully saturated rings. The molecule has 0 spiro atoms. The molecule has 3 aromatic rings. The number of hydrogen-bond donors (Lipinski definition) is 2. The van der Waals surface area contributed by atoms with Gasteiger partial charge in [0.1, 0.15) is 0 Å². The first-order chi connectivity index (χ1) is 14.4. The fourth-order valence-corrected chi connectivity index (χ4v) is 5.15. The van der Waals surface area contributed by atoms with Crippen LogP contribution < -0.4 is 5.32 Å². The van der Waals surface area contributed by atoms with Crippen molar-refractivity contribution in [3.63, 3.8) is 0 Å². The molecule has 6 nitrogen and oxygen atoms in total. The van der Waals surface area contributed by atoms with E-state index in [-0.39, 0.29) is 17.7 Å². The Labute approximate surface area is 177 Å². The van der Waals surface area contributed by atoms with Gasteiger partial charge in [0.15, 0.2) is 0 Å². The van der Waals surface area contributed by atoms with E-state index < -0.39 is 10.0 Å². The van der Waals surface area contributed by atoms with Gasteiger partial charge in [0, 0.05) is 48.6 Å². The van der Waals surface area contributed by atoms with Crippen molar-refractivity contribution in [1.82, 2.24) is 14.6 Å². The highest BCUT2D eigenvalue weighted by molar-refractivity contribution is 7.88. The SMILES string of the molecule is CS(=O)(=O)N1CCC(C(=O)NCC(c2ccccc2)c2c[nH]c3ccccc23)CC1. The minimum Gasteiger partial charge on any atom is -0.361 e. The molecule has 1 amide bonds. The smallest absolute Gasteiger partial charge is 0.223 e. The van der Waals surface area contributed by atoms with Gasteiger partial charge >= 0.3 is 0 Å². The van der Waals surface area contributed by atoms with Crippen LogP contribution in [0.15, 0.2) is 60.8 Å². The van der Waals surface area contributed by atoms with E-state index in [0.717, 1.165) is 22.0 Å². The summed E-state index contributed by atoms with van der Waals surface area (Å²) in [5, 5.41) is 4.29. The minimum atomic E-state index is -3.19. The third-order valence-corrected chi connectivity index (χ3v) is 7.28. The first-order valence-electron chi connectivity index (χ1n) is 10.3. The topological polar surface area (TPSA) is 82.3 Å². The Morgan fingerprint density at radius 2 is 1.77 bits per heavy atom. The number of nitrogens with one attached hydrogen (secondary N) is 2. The number of fused-ring (bicyclic) bond motifs is 1. The highest BCUT2D eigenvalue weighted by Gasteiger charge is 2.29. The van der Waals surface area contributed by atoms with E-state index in [9.17, 15) is 13.2 Å². The molecule has 1 unspecified atom stereocenters. The summed E-state index contributed by atoms with van der Waals surface area (Å²) in [7, 11) is -3.19. The van der Waals surface area contributed by atoms with Crippen LogP contribution in [0.2, 0.25) is 0 Å². The Bertz CT molecular complexity index is 1120. The summed E-state index contributed by atoms with van der Waals surface area (Å²) in [6.07, 6.45) is 4.36. The number of benzene rings is 2. The Morgan fingerprint density at radius 3 is 2.47 bits per heavy atom. The van der Waals surface area contributed by atoms with Crippen LogP contribution >= 0.6 is 0 Å². The number of carbonyl (C=O) groups excluding carboxylic acids is 1. The zero-order chi connectivity index (χ0) is 21.1. The molecule has 0 aliphatic carbocycles. The molecule has 1 aliphatic rings. The number of aromatic amines is 1. The summed E-state index contributed by atoms with van der Waals surface area (Å²) in [4.78, 5) is 16.2. The van der Waals surface area contributed by atoms with Crippen LogP contribution in [0.4, 0.5) is 0 Å². The lowest BCUT2D eigenvalue weighted by Gasteiger charge is -2.30. The van der Waals surface area contributed by atoms with Crippen molar-refractivity contribution >= 4 is 26.8 Å². The lowest BCUT2D eigenvalue weighted by atomic mass is 9.90. The van der Waals surface area contributed by atoms with Gasteiger partial charge in [0.2, 0.25) is 15.9 Å². The van der Waals surface area contributed by atoms with E-state index in [0.29, 0.717) is 32.5 Å². The van der Waals surface area contributed by atoms with Gasteiger partial charge in [-0.3, -0.25) is 4.79 Å². The van der Waals surface area contributed by atoms with Crippen LogP contribution in [0.25, 0.3) is 10.9 Å². The lowest BCUT2D eigenvalue weighted by molar-refractivity contribution is -0.126. The van der Waals surface area contributed by atoms with Gasteiger partial charge in [-0.05, 0) is 30.0 Å². The van der Waals surface area contributed by atoms with Crippen molar-refractivity contribution in [2.75, 3.05) is 25.9 Å². The maximum atomic E-state index is 12.8. The molecule has 30 heavy (non-hydrogen) atoms. The monoisotopic (exact) mass is 425 g/mol. The second-order valence-electron chi connectivity index (χ2n) is 7.93. The number of hydrogen-bond acceptors (Lipinski definition) is 3. The normalized spacial score (nSPS) is 17.1. The fraction of sp³-hybridized carbons (Fsp3) is 0.348. The molecule has 2 aromatic carbocycles. The number of H-pyrrole nitrogens is 1. The molecule has 1 atom stereocenters. The van der Waals surface area contributed by atoms with E-state index in [2.05, 4.69) is 34.6 Å². The number of nitrogens with zero attached hydrogens (tertiary/aromatic N) is 1. The van der Waals surface area contributed by atoms with E-state index in [4.69, 9.17) is 0 Å². The second kappa shape index (κ2) is 8.62. The fourth-order valence-electron chi connectivity index (χ4n) is 4.27. The number of aromatic nitrogens is 1. The third-order valence-electron chi connectivity index (χ3n) is 5.97. The van der Waals surface area contributed by atoms with Gasteiger partial charge in [-0.25, -0.2) is 12.7 Å². The molecule has 0 radical (unpaired) electrons. The zero-order valence-electron chi connectivity index (χ0n) is 17.0. The first-order valence-corrected chi connectivity index (χ1v) is 12.1. The summed E-state index contributed by atoms with van der Waals surface area (Å²) in [6, 6.07) is 18.4. The molecule has 158 valence electrons. The molecule has 1 aromatic heterocycles. The van der Waals surface area contributed by atoms with Crippen molar-refractivity contribution in [2.45, 2.75) is 18.8 Å². The molecular weight excluding hydrogens is 398 g/mol. The Hall–Kier alpha value is -2.64. The number of sulfonamides is 1. The zero-order valence-corrected chi connectivity index (χ0v) is 17.9. The van der Waals surface area contributed by atoms with Crippen molar-refractivity contribution in [2.24, 2.45) is 5.92 Å². The van der Waals surface area contributed by atoms with Crippen molar-refractivity contribution in [3.8, 4) is 0 Å². The molecule has 2 N–H and O–H groups in total. The molecule has 0 bridgehead atoms. The van der Waals surface area contributed by atoms with Crippen LogP contribution in [0.5, 0.6) is 0 Å². The number of para-hydroxylation sites is 1. The van der Waals surface area contributed by atoms with Crippen molar-refractivity contribution < 1.29 is 13.2 Å². The van der Waals surface area contributed by atoms with Gasteiger partial charge in [-0.1, -0.05) is 48.5 Å². The van der Waals surface area contributed by atoms with Crippen LogP contribution in [-0.2, 0) is 14.8 Å². The van der Waals surface area contributed by atoms with Gasteiger partial charge in [0.25, 0.3) is 0 Å². The summed E-state index contributed by atoms with van der Waals surface area (Å²) in [6.45, 7) is 1.31. The average Bonchev–Trinajstić information content (AvgIpc) is 3.18. The first kappa shape index (κ1) is 20.6. The van der Waals surface area contributed by atoms with Crippen molar-refractivity contribution in [1.29, 1.82) is 0 Å². The van der Waals surface area contributed by atoms with Crippen molar-refractivity contribution in [3.05, 3.63) is 71.9 Å². The quantitative estimate of drug-likeness (QED) is 0.637. The van der Waals surface area contributed by atoms with Crippen LogP contribution in [0, 0.1) is 5.92 Å². The third kappa shape index (κ3) is 4.42. The number of amides is 1. The number of piperidine rings is 1. The van der Waals surface area contributed by atoms with E-state index >= 15 is 0 Å². The molecule has 2 heterocycles. The molecule has 0 saturated carbocycles. The standard InChI is InChI=1S/C23H27N3O3S/c1-30(28,29)26-13-11-18(12-14-26)23(27)25-15-20(17-7-3-2-4-8-17)21-16-24-22-10-6-5-9-19(21)22/h2-10,16,18,20,24H,11-15H2,1H3,(H,25,27). The van der Waals surface area contributed by atoms with Crippen LogP contribution in [-0.4, -0.2) is 49.5 Å². The molecular formula is C23H27N3O3S. The van der Waals surface area contributed by atoms with E-state index in [1.807, 2.05) is 36.5 Å². The lowest BCUT2D eigenvalue weighted by Crippen LogP contribution is -2.43. The largest absolute Gasteiger partial charge is 0.361 e. The van der Waals surface area contributed by atoms with Gasteiger partial charge < -0.3 is 10.3 Å². The molecule has 1 aliphatic heterocycles. The van der Waals surface area contributed by atoms with E-state index in [1.54, 1.807) is 0 Å². The molecule has 4 rings (SSSR count). The Morgan fingerprint density at radius 1 is 1.10 bits per heavy atom. The highest BCUT2D eigenvalue weighted by Crippen LogP contribution is 2.30. The molecule has 7 heteroatoms. The van der Waals surface area contributed by atoms with E-state index in [1.165, 1.54) is 10.6 Å². The predicted octanol–water partition coefficient (Wildman–Crippen LogP) is 3.09. The average molecular weight is 426 g/mol. The number of carbonyl (C=O) groups is 1. The molecule has 1 saturated heterocycles. The number of rotatable bonds is 6. The second-order valence-corrected chi connectivity index (χ2v) is 9.92. The Kier molecular flexibility index (Phi) is 5.92. The van der Waals surface area contributed by atoms with Gasteiger partial charge in [-0.2, -0.15) is 0 Å². The summed E-state index contributed by atoms with van der Waals surface area (Å²) in [5.41, 5.74) is 3.38. The maximum absolute atomic E-state index is 12.8. The predicted molar refractivity (Wildman–Crippen MR) is 119 cm³/mol. The van der Waals surface area contributed by atoms with Crippen LogP contribution in [0.3, 0.4) is 0 Å². The summed E-state index contributed by atoms with van der Waals surface area (Å²) < 4.78 is 24.8. The maximum Gasteiger partial charge on any atom is 0.223 e. The highest BCUT2D eigenvalue weighted by atomic mass is 32.2. The minimum absolute atomic E-state index is 0.00363. The summed E-state index contributed by atoms with van der Waals surface area (Å²) >= 11 is 0. The van der Waals surface area contributed by atoms with Gasteiger partial charge in [-0.15, -0.1) is 0 Å².